The number of ether oxygens (including phenoxy) is 1. The van der Waals surface area contributed by atoms with Crippen LogP contribution in [0.25, 0.3) is 0 Å². The molecule has 1 aromatic heterocycles. The van der Waals surface area contributed by atoms with Gasteiger partial charge in [-0.25, -0.2) is 0 Å². The van der Waals surface area contributed by atoms with Crippen molar-refractivity contribution >= 4 is 39.7 Å². The fraction of sp³-hybridized carbons (Fsp3) is 0.214. The number of aryl methyl sites for hydroxylation is 1. The quantitative estimate of drug-likeness (QED) is 0.595. The van der Waals surface area contributed by atoms with Gasteiger partial charge in [0.2, 0.25) is 5.78 Å². The van der Waals surface area contributed by atoms with Crippen LogP contribution in [0.1, 0.15) is 27.7 Å². The van der Waals surface area contributed by atoms with Crippen LogP contribution in [0.15, 0.2) is 29.6 Å². The second-order valence-corrected chi connectivity index (χ2v) is 5.96. The Balaban J connectivity index is 2.48. The fourth-order valence-corrected chi connectivity index (χ4v) is 3.23. The molecule has 18 heavy (non-hydrogen) atoms. The second kappa shape index (κ2) is 5.84. The zero-order valence-corrected chi connectivity index (χ0v) is 13.2. The van der Waals surface area contributed by atoms with Crippen molar-refractivity contribution in [3.05, 3.63) is 49.2 Å². The van der Waals surface area contributed by atoms with Crippen molar-refractivity contribution in [1.29, 1.82) is 0 Å². The molecule has 0 aliphatic carbocycles. The van der Waals surface area contributed by atoms with E-state index in [-0.39, 0.29) is 5.78 Å². The summed E-state index contributed by atoms with van der Waals surface area (Å²) in [5.41, 5.74) is 1.74. The summed E-state index contributed by atoms with van der Waals surface area (Å²) in [4.78, 5) is 13.4. The van der Waals surface area contributed by atoms with E-state index >= 15 is 0 Å². The molecule has 2 aromatic rings. The SMILES string of the molecule is CCc1ccsc1C(=O)c1cc(I)ccc1OC. The Bertz CT molecular complexity index is 575. The van der Waals surface area contributed by atoms with Gasteiger partial charge in [-0.05, 0) is 64.2 Å². The highest BCUT2D eigenvalue weighted by Crippen LogP contribution is 2.27. The molecule has 0 amide bonds. The van der Waals surface area contributed by atoms with Gasteiger partial charge in [0.05, 0.1) is 17.6 Å². The first kappa shape index (κ1) is 13.5. The Labute approximate surface area is 124 Å². The number of hydrogen-bond donors (Lipinski definition) is 0. The smallest absolute Gasteiger partial charge is 0.206 e. The van der Waals surface area contributed by atoms with Gasteiger partial charge in [0.1, 0.15) is 5.75 Å². The van der Waals surface area contributed by atoms with E-state index in [4.69, 9.17) is 4.74 Å². The molecule has 0 saturated heterocycles. The lowest BCUT2D eigenvalue weighted by Gasteiger charge is -2.08. The van der Waals surface area contributed by atoms with Crippen LogP contribution in [0.4, 0.5) is 0 Å². The number of ketones is 1. The third-order valence-corrected chi connectivity index (χ3v) is 4.37. The number of rotatable bonds is 4. The summed E-state index contributed by atoms with van der Waals surface area (Å²) < 4.78 is 6.31. The molecule has 0 aliphatic heterocycles. The lowest BCUT2D eigenvalue weighted by Crippen LogP contribution is -2.04. The summed E-state index contributed by atoms with van der Waals surface area (Å²) in [7, 11) is 1.59. The van der Waals surface area contributed by atoms with E-state index in [1.165, 1.54) is 11.3 Å². The number of benzene rings is 1. The Morgan fingerprint density at radius 1 is 1.39 bits per heavy atom. The minimum absolute atomic E-state index is 0.0530. The molecule has 0 aliphatic rings. The molecule has 2 nitrogen and oxygen atoms in total. The molecule has 0 N–H and O–H groups in total. The van der Waals surface area contributed by atoms with E-state index in [1.54, 1.807) is 7.11 Å². The van der Waals surface area contributed by atoms with Crippen LogP contribution < -0.4 is 4.74 Å². The average Bonchev–Trinajstić information content (AvgIpc) is 2.86. The molecule has 0 bridgehead atoms. The summed E-state index contributed by atoms with van der Waals surface area (Å²) in [6.07, 6.45) is 0.872. The van der Waals surface area contributed by atoms with Gasteiger partial charge < -0.3 is 4.74 Å². The minimum atomic E-state index is 0.0530. The van der Waals surface area contributed by atoms with Gasteiger partial charge in [-0.2, -0.15) is 0 Å². The maximum absolute atomic E-state index is 12.5. The zero-order valence-electron chi connectivity index (χ0n) is 10.2. The van der Waals surface area contributed by atoms with Crippen LogP contribution in [-0.4, -0.2) is 12.9 Å². The Morgan fingerprint density at radius 3 is 2.83 bits per heavy atom. The molecule has 0 unspecified atom stereocenters. The van der Waals surface area contributed by atoms with Gasteiger partial charge in [-0.15, -0.1) is 11.3 Å². The van der Waals surface area contributed by atoms with Gasteiger partial charge in [0.15, 0.2) is 0 Å². The standard InChI is InChI=1S/C14H13IO2S/c1-3-9-6-7-18-14(9)13(16)11-8-10(15)4-5-12(11)17-2/h4-8H,3H2,1-2H3. The third-order valence-electron chi connectivity index (χ3n) is 2.74. The summed E-state index contributed by atoms with van der Waals surface area (Å²) in [6, 6.07) is 7.67. The molecule has 0 fully saturated rings. The van der Waals surface area contributed by atoms with E-state index < -0.39 is 0 Å². The van der Waals surface area contributed by atoms with E-state index in [0.29, 0.717) is 11.3 Å². The van der Waals surface area contributed by atoms with Crippen molar-refractivity contribution in [2.75, 3.05) is 7.11 Å². The molecule has 0 radical (unpaired) electrons. The first-order valence-corrected chi connectivity index (χ1v) is 7.57. The van der Waals surface area contributed by atoms with Crippen molar-refractivity contribution in [2.45, 2.75) is 13.3 Å². The van der Waals surface area contributed by atoms with Gasteiger partial charge in [-0.3, -0.25) is 4.79 Å². The molecule has 0 saturated carbocycles. The van der Waals surface area contributed by atoms with Crippen molar-refractivity contribution in [2.24, 2.45) is 0 Å². The maximum Gasteiger partial charge on any atom is 0.206 e. The number of halogens is 1. The van der Waals surface area contributed by atoms with Gasteiger partial charge in [0, 0.05) is 3.57 Å². The van der Waals surface area contributed by atoms with E-state index in [2.05, 4.69) is 29.5 Å². The van der Waals surface area contributed by atoms with E-state index in [0.717, 1.165) is 20.4 Å². The lowest BCUT2D eigenvalue weighted by atomic mass is 10.0. The average molecular weight is 372 g/mol. The first-order chi connectivity index (χ1) is 8.67. The molecule has 0 atom stereocenters. The second-order valence-electron chi connectivity index (χ2n) is 3.80. The van der Waals surface area contributed by atoms with Crippen LogP contribution in [-0.2, 0) is 6.42 Å². The predicted octanol–water partition coefficient (Wildman–Crippen LogP) is 4.15. The lowest BCUT2D eigenvalue weighted by molar-refractivity contribution is 0.103. The normalized spacial score (nSPS) is 10.4. The summed E-state index contributed by atoms with van der Waals surface area (Å²) in [5, 5.41) is 1.96. The van der Waals surface area contributed by atoms with Crippen molar-refractivity contribution < 1.29 is 9.53 Å². The highest BCUT2D eigenvalue weighted by molar-refractivity contribution is 14.1. The number of carbonyl (C=O) groups excluding carboxylic acids is 1. The molecule has 0 spiro atoms. The number of thiophene rings is 1. The Morgan fingerprint density at radius 2 is 2.17 bits per heavy atom. The monoisotopic (exact) mass is 372 g/mol. The van der Waals surface area contributed by atoms with Crippen molar-refractivity contribution in [3.63, 3.8) is 0 Å². The molecule has 1 aromatic carbocycles. The molecular formula is C14H13IO2S. The van der Waals surface area contributed by atoms with Crippen LogP contribution in [0.3, 0.4) is 0 Å². The number of hydrogen-bond acceptors (Lipinski definition) is 3. The minimum Gasteiger partial charge on any atom is -0.496 e. The zero-order chi connectivity index (χ0) is 13.1. The van der Waals surface area contributed by atoms with E-state index in [1.807, 2.05) is 29.6 Å². The summed E-state index contributed by atoms with van der Waals surface area (Å²) in [6.45, 7) is 2.06. The molecular weight excluding hydrogens is 359 g/mol. The van der Waals surface area contributed by atoms with Gasteiger partial charge in [-0.1, -0.05) is 6.92 Å². The van der Waals surface area contributed by atoms with Crippen LogP contribution >= 0.6 is 33.9 Å². The van der Waals surface area contributed by atoms with Crippen LogP contribution in [0.2, 0.25) is 0 Å². The summed E-state index contributed by atoms with van der Waals surface area (Å²) in [5.74, 6) is 0.688. The first-order valence-electron chi connectivity index (χ1n) is 5.62. The topological polar surface area (TPSA) is 26.3 Å². The maximum atomic E-state index is 12.5. The molecule has 4 heteroatoms. The molecule has 2 rings (SSSR count). The fourth-order valence-electron chi connectivity index (χ4n) is 1.79. The number of methoxy groups -OCH3 is 1. The molecule has 1 heterocycles. The predicted molar refractivity (Wildman–Crippen MR) is 82.8 cm³/mol. The van der Waals surface area contributed by atoms with Gasteiger partial charge in [0.25, 0.3) is 0 Å². The Hall–Kier alpha value is -0.880. The van der Waals surface area contributed by atoms with Gasteiger partial charge >= 0.3 is 0 Å². The highest BCUT2D eigenvalue weighted by atomic mass is 127. The highest BCUT2D eigenvalue weighted by Gasteiger charge is 2.18. The third kappa shape index (κ3) is 2.59. The van der Waals surface area contributed by atoms with Crippen LogP contribution in [0, 0.1) is 3.57 Å². The van der Waals surface area contributed by atoms with Crippen molar-refractivity contribution in [3.8, 4) is 5.75 Å². The largest absolute Gasteiger partial charge is 0.496 e. The number of carbonyl (C=O) groups is 1. The van der Waals surface area contributed by atoms with Crippen molar-refractivity contribution in [1.82, 2.24) is 0 Å². The summed E-state index contributed by atoms with van der Waals surface area (Å²) >= 11 is 3.70. The Kier molecular flexibility index (Phi) is 4.40. The van der Waals surface area contributed by atoms with Crippen LogP contribution in [0.5, 0.6) is 5.75 Å². The van der Waals surface area contributed by atoms with E-state index in [9.17, 15) is 4.79 Å². The molecule has 94 valence electrons.